The van der Waals surface area contributed by atoms with E-state index in [2.05, 4.69) is 10.8 Å². The van der Waals surface area contributed by atoms with Crippen LogP contribution in [0.4, 0.5) is 0 Å². The maximum atomic E-state index is 10.9. The minimum Gasteiger partial charge on any atom is -0.469 e. The zero-order valence-corrected chi connectivity index (χ0v) is 9.36. The zero-order valence-electron chi connectivity index (χ0n) is 9.36. The second-order valence-electron chi connectivity index (χ2n) is 3.37. The van der Waals surface area contributed by atoms with Crippen molar-refractivity contribution in [3.63, 3.8) is 0 Å². The van der Waals surface area contributed by atoms with Crippen LogP contribution < -0.4 is 0 Å². The summed E-state index contributed by atoms with van der Waals surface area (Å²) in [5.74, 6) is -0.262. The molecule has 0 N–H and O–H groups in total. The number of methoxy groups -OCH3 is 1. The number of nitriles is 1. The van der Waals surface area contributed by atoms with Crippen LogP contribution in [0, 0.1) is 18.3 Å². The lowest BCUT2D eigenvalue weighted by atomic mass is 10.1. The number of rotatable bonds is 3. The fraction of sp³-hybridized carbons (Fsp3) is 0.231. The highest BCUT2D eigenvalue weighted by Gasteiger charge is 1.98. The third-order valence-electron chi connectivity index (χ3n) is 2.21. The van der Waals surface area contributed by atoms with Gasteiger partial charge in [0.05, 0.1) is 25.2 Å². The first kappa shape index (κ1) is 12.0. The van der Waals surface area contributed by atoms with Crippen LogP contribution in [0.5, 0.6) is 0 Å². The average Bonchev–Trinajstić information content (AvgIpc) is 2.30. The summed E-state index contributed by atoms with van der Waals surface area (Å²) in [6.45, 7) is 1.93. The third-order valence-corrected chi connectivity index (χ3v) is 2.21. The highest BCUT2D eigenvalue weighted by molar-refractivity contribution is 5.72. The van der Waals surface area contributed by atoms with Crippen LogP contribution in [0.1, 0.15) is 23.1 Å². The molecule has 16 heavy (non-hydrogen) atoms. The van der Waals surface area contributed by atoms with E-state index >= 15 is 0 Å². The van der Waals surface area contributed by atoms with Crippen molar-refractivity contribution in [1.82, 2.24) is 0 Å². The molecule has 0 saturated heterocycles. The predicted molar refractivity (Wildman–Crippen MR) is 61.6 cm³/mol. The Balaban J connectivity index is 2.75. The minimum absolute atomic E-state index is 0.260. The number of carbonyl (C=O) groups is 1. The van der Waals surface area contributed by atoms with Gasteiger partial charge in [0.15, 0.2) is 0 Å². The van der Waals surface area contributed by atoms with Gasteiger partial charge in [0, 0.05) is 0 Å². The molecule has 0 aliphatic carbocycles. The Hall–Kier alpha value is -2.08. The van der Waals surface area contributed by atoms with Gasteiger partial charge in [0.1, 0.15) is 0 Å². The number of hydrogen-bond donors (Lipinski definition) is 0. The second kappa shape index (κ2) is 5.72. The van der Waals surface area contributed by atoms with Crippen LogP contribution in [0.2, 0.25) is 0 Å². The lowest BCUT2D eigenvalue weighted by Crippen LogP contribution is -1.96. The van der Waals surface area contributed by atoms with E-state index in [0.717, 1.165) is 11.1 Å². The zero-order chi connectivity index (χ0) is 12.0. The quantitative estimate of drug-likeness (QED) is 0.727. The molecule has 0 aromatic heterocycles. The van der Waals surface area contributed by atoms with Crippen LogP contribution in [-0.4, -0.2) is 13.1 Å². The molecule has 1 aromatic carbocycles. The Kier molecular flexibility index (Phi) is 4.28. The molecule has 82 valence electrons. The highest BCUT2D eigenvalue weighted by Crippen LogP contribution is 2.12. The van der Waals surface area contributed by atoms with Crippen molar-refractivity contribution in [2.45, 2.75) is 13.3 Å². The molecule has 0 bridgehead atoms. The predicted octanol–water partition coefficient (Wildman–Crippen LogP) is 2.44. The molecule has 3 heteroatoms. The van der Waals surface area contributed by atoms with Crippen molar-refractivity contribution < 1.29 is 9.53 Å². The largest absolute Gasteiger partial charge is 0.469 e. The van der Waals surface area contributed by atoms with Gasteiger partial charge in [-0.2, -0.15) is 5.26 Å². The first-order valence-corrected chi connectivity index (χ1v) is 4.91. The van der Waals surface area contributed by atoms with Gasteiger partial charge in [-0.3, -0.25) is 4.79 Å². The van der Waals surface area contributed by atoms with E-state index in [0.29, 0.717) is 5.56 Å². The number of aryl methyl sites for hydroxylation is 1. The first-order valence-electron chi connectivity index (χ1n) is 4.91. The van der Waals surface area contributed by atoms with Crippen LogP contribution in [0.25, 0.3) is 6.08 Å². The van der Waals surface area contributed by atoms with Gasteiger partial charge in [0.2, 0.25) is 0 Å². The molecule has 0 atom stereocenters. The Morgan fingerprint density at radius 1 is 1.56 bits per heavy atom. The van der Waals surface area contributed by atoms with E-state index < -0.39 is 0 Å². The summed E-state index contributed by atoms with van der Waals surface area (Å²) in [6, 6.07) is 7.52. The maximum absolute atomic E-state index is 10.9. The van der Waals surface area contributed by atoms with Crippen molar-refractivity contribution in [3.05, 3.63) is 41.0 Å². The van der Waals surface area contributed by atoms with Crippen LogP contribution >= 0.6 is 0 Å². The number of benzene rings is 1. The maximum Gasteiger partial charge on any atom is 0.309 e. The summed E-state index contributed by atoms with van der Waals surface area (Å²) in [7, 11) is 1.36. The molecule has 0 saturated carbocycles. The van der Waals surface area contributed by atoms with Gasteiger partial charge in [0.25, 0.3) is 0 Å². The van der Waals surface area contributed by atoms with Crippen molar-refractivity contribution in [2.24, 2.45) is 0 Å². The van der Waals surface area contributed by atoms with E-state index in [-0.39, 0.29) is 12.4 Å². The summed E-state index contributed by atoms with van der Waals surface area (Å²) < 4.78 is 4.52. The third kappa shape index (κ3) is 3.25. The lowest BCUT2D eigenvalue weighted by molar-refractivity contribution is -0.139. The van der Waals surface area contributed by atoms with Crippen molar-refractivity contribution in [1.29, 1.82) is 5.26 Å². The summed E-state index contributed by atoms with van der Waals surface area (Å²) in [5, 5.41) is 8.70. The standard InChI is InChI=1S/C13H13NO2/c1-10-8-11(9-14)6-7-12(10)4-3-5-13(15)16-2/h3-4,6-8H,5H2,1-2H3. The van der Waals surface area contributed by atoms with Crippen LogP contribution in [0.3, 0.4) is 0 Å². The Morgan fingerprint density at radius 3 is 2.88 bits per heavy atom. The van der Waals surface area contributed by atoms with E-state index in [1.54, 1.807) is 12.1 Å². The minimum atomic E-state index is -0.262. The van der Waals surface area contributed by atoms with Crippen LogP contribution in [-0.2, 0) is 9.53 Å². The topological polar surface area (TPSA) is 50.1 Å². The van der Waals surface area contributed by atoms with Gasteiger partial charge < -0.3 is 4.74 Å². The van der Waals surface area contributed by atoms with Gasteiger partial charge >= 0.3 is 5.97 Å². The Bertz CT molecular complexity index is 455. The number of ether oxygens (including phenoxy) is 1. The molecule has 0 radical (unpaired) electrons. The molecular formula is C13H13NO2. The van der Waals surface area contributed by atoms with E-state index in [4.69, 9.17) is 5.26 Å². The average molecular weight is 215 g/mol. The van der Waals surface area contributed by atoms with Crippen molar-refractivity contribution in [2.75, 3.05) is 7.11 Å². The van der Waals surface area contributed by atoms with Gasteiger partial charge in [-0.05, 0) is 30.2 Å². The van der Waals surface area contributed by atoms with Gasteiger partial charge in [-0.25, -0.2) is 0 Å². The van der Waals surface area contributed by atoms with Crippen molar-refractivity contribution in [3.8, 4) is 6.07 Å². The molecule has 0 fully saturated rings. The first-order chi connectivity index (χ1) is 7.67. The van der Waals surface area contributed by atoms with Crippen LogP contribution in [0.15, 0.2) is 24.3 Å². The molecule has 3 nitrogen and oxygen atoms in total. The summed E-state index contributed by atoms with van der Waals surface area (Å²) >= 11 is 0. The molecule has 1 rings (SSSR count). The molecular weight excluding hydrogens is 202 g/mol. The fourth-order valence-corrected chi connectivity index (χ4v) is 1.30. The SMILES string of the molecule is COC(=O)CC=Cc1ccc(C#N)cc1C. The Morgan fingerprint density at radius 2 is 2.31 bits per heavy atom. The molecule has 0 aliphatic rings. The fourth-order valence-electron chi connectivity index (χ4n) is 1.30. The number of hydrogen-bond acceptors (Lipinski definition) is 3. The summed E-state index contributed by atoms with van der Waals surface area (Å²) in [4.78, 5) is 10.9. The molecule has 1 aromatic rings. The number of nitrogens with zero attached hydrogens (tertiary/aromatic N) is 1. The second-order valence-corrected chi connectivity index (χ2v) is 3.37. The number of esters is 1. The molecule has 0 amide bonds. The Labute approximate surface area is 95.0 Å². The monoisotopic (exact) mass is 215 g/mol. The van der Waals surface area contributed by atoms with E-state index in [1.807, 2.05) is 25.1 Å². The smallest absolute Gasteiger partial charge is 0.309 e. The van der Waals surface area contributed by atoms with E-state index in [9.17, 15) is 4.79 Å². The molecule has 0 spiro atoms. The van der Waals surface area contributed by atoms with Crippen molar-refractivity contribution >= 4 is 12.0 Å². The summed E-state index contributed by atoms with van der Waals surface area (Å²) in [5.41, 5.74) is 2.66. The highest BCUT2D eigenvalue weighted by atomic mass is 16.5. The van der Waals surface area contributed by atoms with Gasteiger partial charge in [-0.1, -0.05) is 18.2 Å². The molecule has 0 unspecified atom stereocenters. The number of carbonyl (C=O) groups excluding carboxylic acids is 1. The molecule has 0 aliphatic heterocycles. The molecule has 0 heterocycles. The normalized spacial score (nSPS) is 10.1. The summed E-state index contributed by atoms with van der Waals surface area (Å²) in [6.07, 6.45) is 3.86. The van der Waals surface area contributed by atoms with E-state index in [1.165, 1.54) is 7.11 Å². The van der Waals surface area contributed by atoms with Gasteiger partial charge in [-0.15, -0.1) is 0 Å². The lowest BCUT2D eigenvalue weighted by Gasteiger charge is -2.00.